The number of nitrogens with zero attached hydrogens (tertiary/aromatic N) is 1. The van der Waals surface area contributed by atoms with Crippen LogP contribution in [-0.2, 0) is 0 Å². The fraction of sp³-hybridized carbons (Fsp3) is 0.0769. The molecule has 1 amide bonds. The van der Waals surface area contributed by atoms with Crippen LogP contribution in [0.3, 0.4) is 0 Å². The topological polar surface area (TPSA) is 105 Å². The summed E-state index contributed by atoms with van der Waals surface area (Å²) in [4.78, 5) is 36.1. The number of halogens is 1. The van der Waals surface area contributed by atoms with Crippen molar-refractivity contribution >= 4 is 28.9 Å². The molecule has 0 aliphatic rings. The van der Waals surface area contributed by atoms with Gasteiger partial charge in [0.2, 0.25) is 0 Å². The molecule has 21 heavy (non-hydrogen) atoms. The molecule has 108 valence electrons. The van der Waals surface area contributed by atoms with E-state index >= 15 is 0 Å². The standard InChI is InChI=1S/C13H10ClN3O4/c1-7-2-4-9(12(18)15-7)13(19)16-8-3-5-11(17(20)21)10(14)6-8/h2-6H,1H3,(H,15,18)(H,16,19). The van der Waals surface area contributed by atoms with Crippen molar-refractivity contribution in [3.05, 3.63) is 67.1 Å². The van der Waals surface area contributed by atoms with Crippen molar-refractivity contribution in [2.45, 2.75) is 6.92 Å². The van der Waals surface area contributed by atoms with E-state index in [0.29, 0.717) is 5.69 Å². The third kappa shape index (κ3) is 3.26. The Kier molecular flexibility index (Phi) is 4.04. The number of H-pyrrole nitrogens is 1. The third-order valence-electron chi connectivity index (χ3n) is 2.70. The Labute approximate surface area is 123 Å². The van der Waals surface area contributed by atoms with Crippen LogP contribution in [0, 0.1) is 17.0 Å². The van der Waals surface area contributed by atoms with Crippen LogP contribution in [0.1, 0.15) is 16.1 Å². The lowest BCUT2D eigenvalue weighted by molar-refractivity contribution is -0.384. The number of hydrogen-bond donors (Lipinski definition) is 2. The van der Waals surface area contributed by atoms with Crippen molar-refractivity contribution < 1.29 is 9.72 Å². The second kappa shape index (κ2) is 5.76. The Balaban J connectivity index is 2.26. The quantitative estimate of drug-likeness (QED) is 0.671. The number of aromatic nitrogens is 1. The highest BCUT2D eigenvalue weighted by Crippen LogP contribution is 2.27. The zero-order valence-electron chi connectivity index (χ0n) is 10.8. The van der Waals surface area contributed by atoms with Crippen LogP contribution < -0.4 is 10.9 Å². The molecule has 0 aliphatic heterocycles. The molecule has 0 aliphatic carbocycles. The maximum Gasteiger partial charge on any atom is 0.288 e. The van der Waals surface area contributed by atoms with Gasteiger partial charge in [0, 0.05) is 17.4 Å². The predicted molar refractivity (Wildman–Crippen MR) is 77.9 cm³/mol. The monoisotopic (exact) mass is 307 g/mol. The first-order chi connectivity index (χ1) is 9.88. The minimum atomic E-state index is -0.626. The van der Waals surface area contributed by atoms with E-state index in [1.54, 1.807) is 13.0 Å². The molecular formula is C13H10ClN3O4. The summed E-state index contributed by atoms with van der Waals surface area (Å²) in [5.41, 5.74) is 0.0592. The molecule has 0 atom stereocenters. The number of nitro groups is 1. The lowest BCUT2D eigenvalue weighted by atomic mass is 10.2. The van der Waals surface area contributed by atoms with E-state index in [9.17, 15) is 19.7 Å². The number of anilines is 1. The maximum atomic E-state index is 12.0. The van der Waals surface area contributed by atoms with Gasteiger partial charge in [0.15, 0.2) is 0 Å². The molecular weight excluding hydrogens is 298 g/mol. The second-order valence-electron chi connectivity index (χ2n) is 4.26. The van der Waals surface area contributed by atoms with Crippen LogP contribution in [-0.4, -0.2) is 15.8 Å². The van der Waals surface area contributed by atoms with Crippen LogP contribution in [0.4, 0.5) is 11.4 Å². The molecule has 0 spiro atoms. The molecule has 2 rings (SSSR count). The number of carbonyl (C=O) groups excluding carboxylic acids is 1. The molecule has 1 aromatic carbocycles. The summed E-state index contributed by atoms with van der Waals surface area (Å²) in [6.07, 6.45) is 0. The molecule has 1 aromatic heterocycles. The first-order valence-corrected chi connectivity index (χ1v) is 6.21. The van der Waals surface area contributed by atoms with Crippen LogP contribution in [0.15, 0.2) is 35.1 Å². The SMILES string of the molecule is Cc1ccc(C(=O)Nc2ccc([N+](=O)[O-])c(Cl)c2)c(=O)[nH]1. The number of amides is 1. The highest BCUT2D eigenvalue weighted by Gasteiger charge is 2.15. The number of aromatic amines is 1. The number of benzene rings is 1. The van der Waals surface area contributed by atoms with Crippen LogP contribution >= 0.6 is 11.6 Å². The Morgan fingerprint density at radius 3 is 2.62 bits per heavy atom. The van der Waals surface area contributed by atoms with E-state index in [4.69, 9.17) is 11.6 Å². The molecule has 1 heterocycles. The van der Waals surface area contributed by atoms with Gasteiger partial charge in [-0.15, -0.1) is 0 Å². The fourth-order valence-electron chi connectivity index (χ4n) is 1.68. The number of hydrogen-bond acceptors (Lipinski definition) is 4. The highest BCUT2D eigenvalue weighted by atomic mass is 35.5. The summed E-state index contributed by atoms with van der Waals surface area (Å²) in [6, 6.07) is 6.76. The summed E-state index contributed by atoms with van der Waals surface area (Å²) in [7, 11) is 0. The highest BCUT2D eigenvalue weighted by molar-refractivity contribution is 6.33. The molecule has 0 saturated carbocycles. The zero-order valence-corrected chi connectivity index (χ0v) is 11.6. The Morgan fingerprint density at radius 1 is 1.33 bits per heavy atom. The summed E-state index contributed by atoms with van der Waals surface area (Å²) in [5.74, 6) is -0.624. The van der Waals surface area contributed by atoms with E-state index in [1.165, 1.54) is 24.3 Å². The molecule has 0 fully saturated rings. The Hall–Kier alpha value is -2.67. The van der Waals surface area contributed by atoms with E-state index in [1.807, 2.05) is 0 Å². The van der Waals surface area contributed by atoms with E-state index in [2.05, 4.69) is 10.3 Å². The number of nitro benzene ring substituents is 1. The van der Waals surface area contributed by atoms with Gasteiger partial charge in [-0.3, -0.25) is 19.7 Å². The van der Waals surface area contributed by atoms with Gasteiger partial charge < -0.3 is 10.3 Å². The van der Waals surface area contributed by atoms with Crippen molar-refractivity contribution in [2.24, 2.45) is 0 Å². The lowest BCUT2D eigenvalue weighted by Crippen LogP contribution is -2.23. The van der Waals surface area contributed by atoms with Gasteiger partial charge in [-0.05, 0) is 31.2 Å². The smallest absolute Gasteiger partial charge is 0.288 e. The first-order valence-electron chi connectivity index (χ1n) is 5.83. The molecule has 7 nitrogen and oxygen atoms in total. The minimum Gasteiger partial charge on any atom is -0.326 e. The maximum absolute atomic E-state index is 12.0. The van der Waals surface area contributed by atoms with Crippen molar-refractivity contribution in [3.8, 4) is 0 Å². The molecule has 2 aromatic rings. The zero-order chi connectivity index (χ0) is 15.6. The molecule has 2 N–H and O–H groups in total. The molecule has 0 radical (unpaired) electrons. The van der Waals surface area contributed by atoms with Crippen LogP contribution in [0.2, 0.25) is 5.02 Å². The van der Waals surface area contributed by atoms with Crippen molar-refractivity contribution in [1.29, 1.82) is 0 Å². The second-order valence-corrected chi connectivity index (χ2v) is 4.67. The summed E-state index contributed by atoms with van der Waals surface area (Å²) < 4.78 is 0. The number of pyridine rings is 1. The molecule has 0 saturated heterocycles. The molecule has 0 bridgehead atoms. The molecule has 0 unspecified atom stereocenters. The normalized spacial score (nSPS) is 10.2. The largest absolute Gasteiger partial charge is 0.326 e. The minimum absolute atomic E-state index is 0.0601. The summed E-state index contributed by atoms with van der Waals surface area (Å²) >= 11 is 5.75. The Morgan fingerprint density at radius 2 is 2.05 bits per heavy atom. The van der Waals surface area contributed by atoms with E-state index < -0.39 is 16.4 Å². The third-order valence-corrected chi connectivity index (χ3v) is 3.00. The average Bonchev–Trinajstić information content (AvgIpc) is 2.37. The van der Waals surface area contributed by atoms with Crippen LogP contribution in [0.5, 0.6) is 0 Å². The number of carbonyl (C=O) groups is 1. The van der Waals surface area contributed by atoms with Gasteiger partial charge in [0.25, 0.3) is 17.2 Å². The van der Waals surface area contributed by atoms with Crippen molar-refractivity contribution in [1.82, 2.24) is 4.98 Å². The van der Waals surface area contributed by atoms with E-state index in [0.717, 1.165) is 0 Å². The number of nitrogens with one attached hydrogen (secondary N) is 2. The average molecular weight is 308 g/mol. The van der Waals surface area contributed by atoms with Gasteiger partial charge >= 0.3 is 0 Å². The van der Waals surface area contributed by atoms with Gasteiger partial charge in [0.1, 0.15) is 10.6 Å². The lowest BCUT2D eigenvalue weighted by Gasteiger charge is -2.05. The van der Waals surface area contributed by atoms with Gasteiger partial charge in [-0.25, -0.2) is 0 Å². The number of aryl methyl sites for hydroxylation is 1. The van der Waals surface area contributed by atoms with Crippen molar-refractivity contribution in [3.63, 3.8) is 0 Å². The van der Waals surface area contributed by atoms with Gasteiger partial charge in [0.05, 0.1) is 4.92 Å². The summed E-state index contributed by atoms with van der Waals surface area (Å²) in [6.45, 7) is 1.69. The Bertz CT molecular complexity index is 785. The predicted octanol–water partition coefficient (Wildman–Crippen LogP) is 2.50. The van der Waals surface area contributed by atoms with Crippen LogP contribution in [0.25, 0.3) is 0 Å². The van der Waals surface area contributed by atoms with Crippen molar-refractivity contribution in [2.75, 3.05) is 5.32 Å². The van der Waals surface area contributed by atoms with Gasteiger partial charge in [-0.1, -0.05) is 11.6 Å². The fourth-order valence-corrected chi connectivity index (χ4v) is 1.93. The van der Waals surface area contributed by atoms with Gasteiger partial charge in [-0.2, -0.15) is 0 Å². The first kappa shape index (κ1) is 14.7. The molecule has 8 heteroatoms. The summed E-state index contributed by atoms with van der Waals surface area (Å²) in [5, 5.41) is 13.0. The number of rotatable bonds is 3. The van der Waals surface area contributed by atoms with E-state index in [-0.39, 0.29) is 22.0 Å².